The molecule has 0 bridgehead atoms. The molecule has 5 rings (SSSR count). The zero-order valence-corrected chi connectivity index (χ0v) is 19.6. The summed E-state index contributed by atoms with van der Waals surface area (Å²) < 4.78 is 7.47. The number of carbonyl (C=O) groups excluding carboxylic acids is 2. The number of nitrogens with zero attached hydrogens (tertiary/aromatic N) is 3. The molecule has 1 fully saturated rings. The fourth-order valence-electron chi connectivity index (χ4n) is 4.28. The van der Waals surface area contributed by atoms with Crippen LogP contribution in [0.4, 0.5) is 5.69 Å². The molecule has 0 aliphatic carbocycles. The van der Waals surface area contributed by atoms with Gasteiger partial charge in [0.05, 0.1) is 11.0 Å². The lowest BCUT2D eigenvalue weighted by Gasteiger charge is -2.26. The molecule has 2 aromatic carbocycles. The number of aromatic amines is 1. The van der Waals surface area contributed by atoms with E-state index in [0.717, 1.165) is 34.8 Å². The third-order valence-corrected chi connectivity index (χ3v) is 6.43. The van der Waals surface area contributed by atoms with Crippen LogP contribution in [0.1, 0.15) is 35.3 Å². The summed E-state index contributed by atoms with van der Waals surface area (Å²) in [7, 11) is 0. The fourth-order valence-corrected chi connectivity index (χ4v) is 4.85. The Morgan fingerprint density at radius 1 is 1.18 bits per heavy atom. The number of aromatic nitrogens is 3. The first-order chi connectivity index (χ1) is 15.9. The number of fused-ring (bicyclic) bond motifs is 2. The molecule has 2 N–H and O–H groups in total. The third kappa shape index (κ3) is 4.06. The first kappa shape index (κ1) is 21.4. The summed E-state index contributed by atoms with van der Waals surface area (Å²) >= 11 is 3.46. The van der Waals surface area contributed by atoms with Crippen molar-refractivity contribution in [3.05, 3.63) is 56.6 Å². The number of amides is 2. The predicted octanol–water partition coefficient (Wildman–Crippen LogP) is 3.81. The average molecular weight is 512 g/mol. The molecule has 33 heavy (non-hydrogen) atoms. The number of H-pyrrole nitrogens is 1. The number of aryl methyl sites for hydroxylation is 1. The number of carbonyl (C=O) groups is 2. The van der Waals surface area contributed by atoms with Crippen LogP contribution in [0.25, 0.3) is 22.0 Å². The maximum absolute atomic E-state index is 13.0. The number of piperidine rings is 1. The molecule has 1 saturated heterocycles. The SMILES string of the molecule is Cc1cc(Br)cc2c(C(=O)Nc3ccc4oc(=O)n(CC(=O)N5CCCCC5)c4c3)[nH]nc12. The van der Waals surface area contributed by atoms with Gasteiger partial charge in [-0.15, -0.1) is 0 Å². The summed E-state index contributed by atoms with van der Waals surface area (Å²) in [6, 6.07) is 8.67. The van der Waals surface area contributed by atoms with Crippen molar-refractivity contribution in [1.29, 1.82) is 0 Å². The molecular weight excluding hydrogens is 490 g/mol. The molecular formula is C23H22BrN5O4. The molecule has 0 unspecified atom stereocenters. The minimum atomic E-state index is -0.598. The molecule has 1 aliphatic heterocycles. The first-order valence-electron chi connectivity index (χ1n) is 10.8. The molecule has 9 nitrogen and oxygen atoms in total. The van der Waals surface area contributed by atoms with Gasteiger partial charge < -0.3 is 14.6 Å². The van der Waals surface area contributed by atoms with Crippen LogP contribution in [0.2, 0.25) is 0 Å². The van der Waals surface area contributed by atoms with Gasteiger partial charge in [-0.2, -0.15) is 5.10 Å². The van der Waals surface area contributed by atoms with Crippen LogP contribution in [0.5, 0.6) is 0 Å². The maximum Gasteiger partial charge on any atom is 0.420 e. The summed E-state index contributed by atoms with van der Waals surface area (Å²) in [5.41, 5.74) is 3.28. The average Bonchev–Trinajstić information content (AvgIpc) is 3.35. The molecule has 2 aromatic heterocycles. The molecule has 170 valence electrons. The second kappa shape index (κ2) is 8.51. The number of benzene rings is 2. The van der Waals surface area contributed by atoms with E-state index in [2.05, 4.69) is 31.4 Å². The monoisotopic (exact) mass is 511 g/mol. The molecule has 0 saturated carbocycles. The van der Waals surface area contributed by atoms with Gasteiger partial charge >= 0.3 is 5.76 Å². The molecule has 4 aromatic rings. The van der Waals surface area contributed by atoms with Crippen molar-refractivity contribution in [3.63, 3.8) is 0 Å². The van der Waals surface area contributed by atoms with E-state index in [-0.39, 0.29) is 18.4 Å². The number of halogens is 1. The lowest BCUT2D eigenvalue weighted by Crippen LogP contribution is -2.39. The lowest BCUT2D eigenvalue weighted by molar-refractivity contribution is -0.132. The number of anilines is 1. The number of nitrogens with one attached hydrogen (secondary N) is 2. The van der Waals surface area contributed by atoms with Crippen molar-refractivity contribution in [3.8, 4) is 0 Å². The van der Waals surface area contributed by atoms with Crippen LogP contribution in [0.15, 0.2) is 44.0 Å². The van der Waals surface area contributed by atoms with E-state index < -0.39 is 5.76 Å². The second-order valence-corrected chi connectivity index (χ2v) is 9.17. The van der Waals surface area contributed by atoms with Gasteiger partial charge in [0, 0.05) is 28.6 Å². The molecule has 10 heteroatoms. The van der Waals surface area contributed by atoms with E-state index in [1.54, 1.807) is 23.1 Å². The summed E-state index contributed by atoms with van der Waals surface area (Å²) in [6.07, 6.45) is 3.06. The molecule has 3 heterocycles. The highest BCUT2D eigenvalue weighted by Gasteiger charge is 2.21. The topological polar surface area (TPSA) is 113 Å². The summed E-state index contributed by atoms with van der Waals surface area (Å²) in [5.74, 6) is -1.08. The van der Waals surface area contributed by atoms with Crippen LogP contribution in [0, 0.1) is 6.92 Å². The number of hydrogen-bond donors (Lipinski definition) is 2. The molecule has 0 radical (unpaired) electrons. The minimum absolute atomic E-state index is 0.0955. The number of oxazole rings is 1. The Bertz CT molecular complexity index is 1440. The largest absolute Gasteiger partial charge is 0.420 e. The number of likely N-dealkylation sites (tertiary alicyclic amines) is 1. The van der Waals surface area contributed by atoms with Gasteiger partial charge in [0.15, 0.2) is 5.58 Å². The van der Waals surface area contributed by atoms with Crippen LogP contribution in [-0.2, 0) is 11.3 Å². The van der Waals surface area contributed by atoms with Crippen LogP contribution >= 0.6 is 15.9 Å². The van der Waals surface area contributed by atoms with Crippen molar-refractivity contribution >= 4 is 55.4 Å². The smallest absolute Gasteiger partial charge is 0.408 e. The van der Waals surface area contributed by atoms with E-state index in [0.29, 0.717) is 41.0 Å². The predicted molar refractivity (Wildman–Crippen MR) is 127 cm³/mol. The Balaban J connectivity index is 1.42. The van der Waals surface area contributed by atoms with E-state index in [1.807, 2.05) is 19.1 Å². The standard InChI is InChI=1S/C23H22BrN5O4/c1-13-9-14(24)10-16-20(13)26-27-21(16)22(31)25-15-5-6-18-17(11-15)29(23(32)33-18)12-19(30)28-7-3-2-4-8-28/h5-6,9-11H,2-4,7-8,12H2,1H3,(H,25,31)(H,26,27). The van der Waals surface area contributed by atoms with E-state index in [4.69, 9.17) is 4.42 Å². The van der Waals surface area contributed by atoms with Gasteiger partial charge in [0.25, 0.3) is 5.91 Å². The Morgan fingerprint density at radius 3 is 2.76 bits per heavy atom. The van der Waals surface area contributed by atoms with Gasteiger partial charge in [-0.3, -0.25) is 19.3 Å². The van der Waals surface area contributed by atoms with E-state index in [9.17, 15) is 14.4 Å². The van der Waals surface area contributed by atoms with Gasteiger partial charge in [-0.25, -0.2) is 4.79 Å². The van der Waals surface area contributed by atoms with Gasteiger partial charge in [-0.05, 0) is 62.1 Å². The van der Waals surface area contributed by atoms with Crippen molar-refractivity contribution in [2.45, 2.75) is 32.7 Å². The molecule has 1 aliphatic rings. The van der Waals surface area contributed by atoms with Crippen LogP contribution in [-0.4, -0.2) is 44.6 Å². The van der Waals surface area contributed by atoms with E-state index >= 15 is 0 Å². The summed E-state index contributed by atoms with van der Waals surface area (Å²) in [5, 5.41) is 10.6. The highest BCUT2D eigenvalue weighted by atomic mass is 79.9. The summed E-state index contributed by atoms with van der Waals surface area (Å²) in [4.78, 5) is 39.9. The summed E-state index contributed by atoms with van der Waals surface area (Å²) in [6.45, 7) is 3.24. The normalized spacial score (nSPS) is 14.2. The first-order valence-corrected chi connectivity index (χ1v) is 11.6. The van der Waals surface area contributed by atoms with Gasteiger partial charge in [0.2, 0.25) is 5.91 Å². The highest BCUT2D eigenvalue weighted by Crippen LogP contribution is 2.26. The molecule has 0 atom stereocenters. The fraction of sp³-hybridized carbons (Fsp3) is 0.304. The quantitative estimate of drug-likeness (QED) is 0.432. The van der Waals surface area contributed by atoms with E-state index in [1.165, 1.54) is 4.57 Å². The Hall–Kier alpha value is -3.40. The van der Waals surface area contributed by atoms with Crippen molar-refractivity contribution < 1.29 is 14.0 Å². The third-order valence-electron chi connectivity index (χ3n) is 5.97. The van der Waals surface area contributed by atoms with Crippen LogP contribution in [0.3, 0.4) is 0 Å². The minimum Gasteiger partial charge on any atom is -0.408 e. The Labute approximate surface area is 196 Å². The Morgan fingerprint density at radius 2 is 1.97 bits per heavy atom. The zero-order chi connectivity index (χ0) is 23.1. The maximum atomic E-state index is 13.0. The molecule has 0 spiro atoms. The lowest BCUT2D eigenvalue weighted by atomic mass is 10.1. The highest BCUT2D eigenvalue weighted by molar-refractivity contribution is 9.10. The van der Waals surface area contributed by atoms with Crippen molar-refractivity contribution in [1.82, 2.24) is 19.7 Å². The number of rotatable bonds is 4. The van der Waals surface area contributed by atoms with Crippen molar-refractivity contribution in [2.75, 3.05) is 18.4 Å². The second-order valence-electron chi connectivity index (χ2n) is 8.25. The molecule has 2 amide bonds. The van der Waals surface area contributed by atoms with Gasteiger partial charge in [-0.1, -0.05) is 15.9 Å². The zero-order valence-electron chi connectivity index (χ0n) is 18.0. The van der Waals surface area contributed by atoms with Crippen LogP contribution < -0.4 is 11.1 Å². The number of hydrogen-bond acceptors (Lipinski definition) is 5. The Kier molecular flexibility index (Phi) is 5.53. The van der Waals surface area contributed by atoms with Crippen molar-refractivity contribution in [2.24, 2.45) is 0 Å². The van der Waals surface area contributed by atoms with Gasteiger partial charge in [0.1, 0.15) is 12.2 Å².